The minimum absolute atomic E-state index is 0.0398. The molecule has 0 aliphatic rings. The highest BCUT2D eigenvalue weighted by Crippen LogP contribution is 2.29. The van der Waals surface area contributed by atoms with Gasteiger partial charge < -0.3 is 10.1 Å². The van der Waals surface area contributed by atoms with Crippen molar-refractivity contribution in [2.75, 3.05) is 12.4 Å². The van der Waals surface area contributed by atoms with Gasteiger partial charge in [0.1, 0.15) is 18.0 Å². The summed E-state index contributed by atoms with van der Waals surface area (Å²) >= 11 is 6.24. The van der Waals surface area contributed by atoms with Crippen molar-refractivity contribution in [1.29, 1.82) is 0 Å². The monoisotopic (exact) mass is 360 g/mol. The Morgan fingerprint density at radius 2 is 2.16 bits per heavy atom. The van der Waals surface area contributed by atoms with Crippen molar-refractivity contribution in [3.63, 3.8) is 0 Å². The molecule has 1 N–H and O–H groups in total. The first kappa shape index (κ1) is 17.0. The number of halogens is 1. The van der Waals surface area contributed by atoms with E-state index < -0.39 is 0 Å². The number of amides is 1. The Hall–Kier alpha value is -2.87. The molecule has 130 valence electrons. The number of benzene rings is 1. The van der Waals surface area contributed by atoms with Gasteiger partial charge in [-0.05, 0) is 25.1 Å². The van der Waals surface area contributed by atoms with E-state index in [1.165, 1.54) is 4.68 Å². The Morgan fingerprint density at radius 3 is 2.84 bits per heavy atom. The van der Waals surface area contributed by atoms with Gasteiger partial charge in [0, 0.05) is 18.3 Å². The van der Waals surface area contributed by atoms with E-state index in [4.69, 9.17) is 16.3 Å². The highest BCUT2D eigenvalue weighted by Gasteiger charge is 2.11. The second-order valence-corrected chi connectivity index (χ2v) is 5.69. The van der Waals surface area contributed by atoms with Crippen molar-refractivity contribution in [3.05, 3.63) is 41.8 Å². The number of carbonyl (C=O) groups is 1. The molecular weight excluding hydrogens is 344 g/mol. The van der Waals surface area contributed by atoms with Crippen LogP contribution in [0.15, 0.2) is 36.8 Å². The quantitative estimate of drug-likeness (QED) is 0.729. The van der Waals surface area contributed by atoms with E-state index in [0.717, 1.165) is 12.1 Å². The molecule has 0 atom stereocenters. The summed E-state index contributed by atoms with van der Waals surface area (Å²) in [4.78, 5) is 12.1. The summed E-state index contributed by atoms with van der Waals surface area (Å²) in [6.45, 7) is 2.75. The largest absolute Gasteiger partial charge is 0.497 e. The number of methoxy groups -OCH3 is 1. The summed E-state index contributed by atoms with van der Waals surface area (Å²) in [5.41, 5.74) is 1.95. The van der Waals surface area contributed by atoms with Crippen LogP contribution in [0.4, 0.5) is 5.69 Å². The summed E-state index contributed by atoms with van der Waals surface area (Å²) in [7, 11) is 1.57. The van der Waals surface area contributed by atoms with Gasteiger partial charge in [-0.15, -0.1) is 5.10 Å². The second kappa shape index (κ2) is 7.35. The molecule has 0 aliphatic carbocycles. The lowest BCUT2D eigenvalue weighted by atomic mass is 10.1. The van der Waals surface area contributed by atoms with E-state index in [1.54, 1.807) is 48.6 Å². The maximum atomic E-state index is 12.1. The summed E-state index contributed by atoms with van der Waals surface area (Å²) in [6, 6.07) is 5.29. The highest BCUT2D eigenvalue weighted by molar-refractivity contribution is 6.33. The Morgan fingerprint density at radius 1 is 1.32 bits per heavy atom. The number of aromatic nitrogens is 5. The number of carbonyl (C=O) groups excluding carboxylic acids is 1. The first-order valence-electron chi connectivity index (χ1n) is 7.65. The fraction of sp³-hybridized carbons (Fsp3) is 0.250. The summed E-state index contributed by atoms with van der Waals surface area (Å²) in [6.07, 6.45) is 5.04. The van der Waals surface area contributed by atoms with Crippen LogP contribution in [-0.4, -0.2) is 37.8 Å². The lowest BCUT2D eigenvalue weighted by Crippen LogP contribution is -2.18. The van der Waals surface area contributed by atoms with Crippen LogP contribution in [0.25, 0.3) is 11.3 Å². The predicted molar refractivity (Wildman–Crippen MR) is 93.6 cm³/mol. The maximum Gasteiger partial charge on any atom is 0.246 e. The molecule has 2 aromatic heterocycles. The molecule has 0 spiro atoms. The number of nitrogens with one attached hydrogen (secondary N) is 1. The standard InChI is InChI=1S/C16H17ClN6O2/c1-3-22-8-11(7-18-22)19-16(24)10-23-9-15(20-21-23)13-5-4-12(25-2)6-14(13)17/h4-9H,3,10H2,1-2H3,(H,19,24). The average Bonchev–Trinajstić information content (AvgIpc) is 3.24. The lowest BCUT2D eigenvalue weighted by molar-refractivity contribution is -0.116. The zero-order valence-electron chi connectivity index (χ0n) is 13.8. The van der Waals surface area contributed by atoms with Gasteiger partial charge in [-0.3, -0.25) is 9.48 Å². The third kappa shape index (κ3) is 3.97. The van der Waals surface area contributed by atoms with E-state index >= 15 is 0 Å². The second-order valence-electron chi connectivity index (χ2n) is 5.28. The molecule has 0 fully saturated rings. The van der Waals surface area contributed by atoms with E-state index in [2.05, 4.69) is 20.7 Å². The van der Waals surface area contributed by atoms with Crippen LogP contribution < -0.4 is 10.1 Å². The van der Waals surface area contributed by atoms with Gasteiger partial charge in [0.25, 0.3) is 0 Å². The third-order valence-corrected chi connectivity index (χ3v) is 3.85. The van der Waals surface area contributed by atoms with Gasteiger partial charge in [-0.2, -0.15) is 5.10 Å². The molecule has 8 nitrogen and oxygen atoms in total. The Bertz CT molecular complexity index is 888. The van der Waals surface area contributed by atoms with Gasteiger partial charge in [0.05, 0.1) is 30.2 Å². The van der Waals surface area contributed by atoms with Gasteiger partial charge in [0.15, 0.2) is 0 Å². The number of aryl methyl sites for hydroxylation is 1. The van der Waals surface area contributed by atoms with Gasteiger partial charge in [-0.25, -0.2) is 4.68 Å². The summed E-state index contributed by atoms with van der Waals surface area (Å²) in [5.74, 6) is 0.445. The molecular formula is C16H17ClN6O2. The number of anilines is 1. The first-order valence-corrected chi connectivity index (χ1v) is 8.03. The van der Waals surface area contributed by atoms with E-state index in [-0.39, 0.29) is 12.5 Å². The molecule has 0 saturated heterocycles. The third-order valence-electron chi connectivity index (χ3n) is 3.54. The molecule has 0 radical (unpaired) electrons. The van der Waals surface area contributed by atoms with Crippen LogP contribution in [0.5, 0.6) is 5.75 Å². The molecule has 0 bridgehead atoms. The van der Waals surface area contributed by atoms with Crippen LogP contribution in [0, 0.1) is 0 Å². The van der Waals surface area contributed by atoms with Crippen molar-refractivity contribution in [1.82, 2.24) is 24.8 Å². The molecule has 0 saturated carbocycles. The van der Waals surface area contributed by atoms with Crippen LogP contribution in [-0.2, 0) is 17.9 Å². The van der Waals surface area contributed by atoms with E-state index in [0.29, 0.717) is 22.2 Å². The molecule has 9 heteroatoms. The van der Waals surface area contributed by atoms with Crippen LogP contribution in [0.3, 0.4) is 0 Å². The maximum absolute atomic E-state index is 12.1. The highest BCUT2D eigenvalue weighted by atomic mass is 35.5. The fourth-order valence-electron chi connectivity index (χ4n) is 2.28. The number of rotatable bonds is 6. The van der Waals surface area contributed by atoms with Crippen LogP contribution >= 0.6 is 11.6 Å². The normalized spacial score (nSPS) is 10.7. The zero-order chi connectivity index (χ0) is 17.8. The SMILES string of the molecule is CCn1cc(NC(=O)Cn2cc(-c3ccc(OC)cc3Cl)nn2)cn1. The van der Waals surface area contributed by atoms with Crippen LogP contribution in [0.2, 0.25) is 5.02 Å². The Balaban J connectivity index is 1.68. The molecule has 1 aromatic carbocycles. The number of hydrogen-bond acceptors (Lipinski definition) is 5. The van der Waals surface area contributed by atoms with Crippen molar-refractivity contribution in [3.8, 4) is 17.0 Å². The van der Waals surface area contributed by atoms with Crippen molar-refractivity contribution in [2.45, 2.75) is 20.0 Å². The van der Waals surface area contributed by atoms with Crippen molar-refractivity contribution < 1.29 is 9.53 Å². The molecule has 2 heterocycles. The minimum atomic E-state index is -0.215. The molecule has 0 unspecified atom stereocenters. The Labute approximate surface area is 149 Å². The van der Waals surface area contributed by atoms with Gasteiger partial charge >= 0.3 is 0 Å². The predicted octanol–water partition coefficient (Wildman–Crippen LogP) is 2.46. The number of hydrogen-bond donors (Lipinski definition) is 1. The van der Waals surface area contributed by atoms with Crippen molar-refractivity contribution in [2.24, 2.45) is 0 Å². The van der Waals surface area contributed by atoms with E-state index in [9.17, 15) is 4.79 Å². The lowest BCUT2D eigenvalue weighted by Gasteiger charge is -2.03. The van der Waals surface area contributed by atoms with E-state index in [1.807, 2.05) is 6.92 Å². The topological polar surface area (TPSA) is 86.9 Å². The molecule has 1 amide bonds. The van der Waals surface area contributed by atoms with Gasteiger partial charge in [0.2, 0.25) is 5.91 Å². The number of ether oxygens (including phenoxy) is 1. The van der Waals surface area contributed by atoms with Crippen molar-refractivity contribution >= 4 is 23.2 Å². The fourth-order valence-corrected chi connectivity index (χ4v) is 2.55. The molecule has 0 aliphatic heterocycles. The molecule has 3 aromatic rings. The van der Waals surface area contributed by atoms with Gasteiger partial charge in [-0.1, -0.05) is 16.8 Å². The Kier molecular flexibility index (Phi) is 4.99. The molecule has 3 rings (SSSR count). The summed E-state index contributed by atoms with van der Waals surface area (Å²) in [5, 5.41) is 15.4. The minimum Gasteiger partial charge on any atom is -0.497 e. The first-order chi connectivity index (χ1) is 12.1. The number of nitrogens with zero attached hydrogens (tertiary/aromatic N) is 5. The molecule has 25 heavy (non-hydrogen) atoms. The zero-order valence-corrected chi connectivity index (χ0v) is 14.6. The van der Waals surface area contributed by atoms with Crippen LogP contribution in [0.1, 0.15) is 6.92 Å². The summed E-state index contributed by atoms with van der Waals surface area (Å²) < 4.78 is 8.31. The average molecular weight is 361 g/mol. The smallest absolute Gasteiger partial charge is 0.246 e.